The van der Waals surface area contributed by atoms with E-state index in [4.69, 9.17) is 5.73 Å². The van der Waals surface area contributed by atoms with Crippen LogP contribution < -0.4 is 5.73 Å². The number of phenols is 1. The molecular formula is C16H25NO. The smallest absolute Gasteiger partial charge is 0.119 e. The van der Waals surface area contributed by atoms with Crippen molar-refractivity contribution >= 4 is 0 Å². The van der Waals surface area contributed by atoms with Gasteiger partial charge in [-0.05, 0) is 30.4 Å². The number of hydrogen-bond donors (Lipinski definition) is 2. The molecule has 1 aromatic carbocycles. The summed E-state index contributed by atoms with van der Waals surface area (Å²) < 4.78 is 0. The molecule has 1 aromatic rings. The Morgan fingerprint density at radius 3 is 2.44 bits per heavy atom. The van der Waals surface area contributed by atoms with Crippen molar-refractivity contribution in [3.8, 4) is 5.75 Å². The highest BCUT2D eigenvalue weighted by atomic mass is 16.3. The molecule has 18 heavy (non-hydrogen) atoms. The molecule has 1 aliphatic rings. The second kappa shape index (κ2) is 5.31. The van der Waals surface area contributed by atoms with E-state index in [9.17, 15) is 5.11 Å². The highest BCUT2D eigenvalue weighted by molar-refractivity contribution is 5.43. The van der Waals surface area contributed by atoms with Crippen molar-refractivity contribution in [3.05, 3.63) is 29.3 Å². The minimum Gasteiger partial charge on any atom is -0.508 e. The molecule has 2 heteroatoms. The van der Waals surface area contributed by atoms with E-state index in [1.54, 1.807) is 0 Å². The molecule has 0 bridgehead atoms. The summed E-state index contributed by atoms with van der Waals surface area (Å²) in [6, 6.07) is 6.05. The van der Waals surface area contributed by atoms with E-state index in [0.29, 0.717) is 18.2 Å². The Kier molecular flexibility index (Phi) is 3.96. The Hall–Kier alpha value is -1.02. The third-order valence-corrected chi connectivity index (χ3v) is 4.46. The summed E-state index contributed by atoms with van der Waals surface area (Å²) in [5.74, 6) is 0.912. The van der Waals surface area contributed by atoms with Gasteiger partial charge < -0.3 is 10.8 Å². The average Bonchev–Trinajstić information content (AvgIpc) is 2.39. The lowest BCUT2D eigenvalue weighted by Crippen LogP contribution is -2.37. The standard InChI is InChI=1S/C16H25NO/c1-12(2)13-6-7-15(18)14(10-13)16(11-17)8-4-3-5-9-16/h6-7,10,12,18H,3-5,8-9,11,17H2,1-2H3. The van der Waals surface area contributed by atoms with Gasteiger partial charge in [-0.15, -0.1) is 0 Å². The summed E-state index contributed by atoms with van der Waals surface area (Å²) in [4.78, 5) is 0. The maximum absolute atomic E-state index is 10.2. The van der Waals surface area contributed by atoms with Crippen LogP contribution in [0.3, 0.4) is 0 Å². The summed E-state index contributed by atoms with van der Waals surface area (Å²) >= 11 is 0. The van der Waals surface area contributed by atoms with Gasteiger partial charge in [0.25, 0.3) is 0 Å². The Morgan fingerprint density at radius 1 is 1.22 bits per heavy atom. The van der Waals surface area contributed by atoms with Gasteiger partial charge in [0.1, 0.15) is 5.75 Å². The first-order valence-electron chi connectivity index (χ1n) is 7.12. The van der Waals surface area contributed by atoms with Crippen LogP contribution in [0.25, 0.3) is 0 Å². The fourth-order valence-electron chi connectivity index (χ4n) is 3.15. The van der Waals surface area contributed by atoms with Gasteiger partial charge in [-0.25, -0.2) is 0 Å². The average molecular weight is 247 g/mol. The summed E-state index contributed by atoms with van der Waals surface area (Å²) in [5.41, 5.74) is 8.43. The highest BCUT2D eigenvalue weighted by Crippen LogP contribution is 2.43. The summed E-state index contributed by atoms with van der Waals surface area (Å²) in [5, 5.41) is 10.2. The minimum absolute atomic E-state index is 0.00718. The van der Waals surface area contributed by atoms with E-state index in [-0.39, 0.29) is 5.41 Å². The van der Waals surface area contributed by atoms with Gasteiger partial charge in [-0.2, -0.15) is 0 Å². The third-order valence-electron chi connectivity index (χ3n) is 4.46. The number of rotatable bonds is 3. The van der Waals surface area contributed by atoms with Crippen LogP contribution in [0, 0.1) is 0 Å². The largest absolute Gasteiger partial charge is 0.508 e. The highest BCUT2D eigenvalue weighted by Gasteiger charge is 2.34. The predicted molar refractivity (Wildman–Crippen MR) is 76.0 cm³/mol. The molecule has 2 rings (SSSR count). The Labute approximate surface area is 110 Å². The van der Waals surface area contributed by atoms with Gasteiger partial charge in [0, 0.05) is 17.5 Å². The molecule has 3 N–H and O–H groups in total. The van der Waals surface area contributed by atoms with E-state index >= 15 is 0 Å². The van der Waals surface area contributed by atoms with Gasteiger partial charge in [-0.1, -0.05) is 45.2 Å². The normalized spacial score (nSPS) is 19.1. The van der Waals surface area contributed by atoms with Crippen LogP contribution in [0.4, 0.5) is 0 Å². The first-order chi connectivity index (χ1) is 8.59. The lowest BCUT2D eigenvalue weighted by atomic mass is 9.68. The number of hydrogen-bond acceptors (Lipinski definition) is 2. The maximum Gasteiger partial charge on any atom is 0.119 e. The summed E-state index contributed by atoms with van der Waals surface area (Å²) in [6.45, 7) is 5.01. The van der Waals surface area contributed by atoms with Crippen molar-refractivity contribution < 1.29 is 5.11 Å². The molecular weight excluding hydrogens is 222 g/mol. The molecule has 0 aliphatic heterocycles. The quantitative estimate of drug-likeness (QED) is 0.856. The fraction of sp³-hybridized carbons (Fsp3) is 0.625. The van der Waals surface area contributed by atoms with Crippen molar-refractivity contribution in [2.75, 3.05) is 6.54 Å². The SMILES string of the molecule is CC(C)c1ccc(O)c(C2(CN)CCCCC2)c1. The minimum atomic E-state index is 0.00718. The molecule has 0 heterocycles. The number of phenolic OH excluding ortho intramolecular Hbond substituents is 1. The lowest BCUT2D eigenvalue weighted by molar-refractivity contribution is 0.290. The molecule has 0 aromatic heterocycles. The zero-order valence-electron chi connectivity index (χ0n) is 11.6. The summed E-state index contributed by atoms with van der Waals surface area (Å²) in [7, 11) is 0. The van der Waals surface area contributed by atoms with Crippen LogP contribution in [-0.2, 0) is 5.41 Å². The van der Waals surface area contributed by atoms with Crippen molar-refractivity contribution in [2.24, 2.45) is 5.73 Å². The first-order valence-corrected chi connectivity index (χ1v) is 7.12. The molecule has 0 saturated heterocycles. The number of nitrogens with two attached hydrogens (primary N) is 1. The van der Waals surface area contributed by atoms with Gasteiger partial charge in [0.15, 0.2) is 0 Å². The van der Waals surface area contributed by atoms with Crippen LogP contribution in [0.15, 0.2) is 18.2 Å². The van der Waals surface area contributed by atoms with Gasteiger partial charge in [-0.3, -0.25) is 0 Å². The van der Waals surface area contributed by atoms with E-state index in [1.807, 2.05) is 12.1 Å². The second-order valence-electron chi connectivity index (χ2n) is 5.98. The molecule has 1 saturated carbocycles. The summed E-state index contributed by atoms with van der Waals surface area (Å²) in [6.07, 6.45) is 5.97. The van der Waals surface area contributed by atoms with Crippen molar-refractivity contribution in [1.29, 1.82) is 0 Å². The second-order valence-corrected chi connectivity index (χ2v) is 5.98. The van der Waals surface area contributed by atoms with Crippen molar-refractivity contribution in [3.63, 3.8) is 0 Å². The maximum atomic E-state index is 10.2. The van der Waals surface area contributed by atoms with Crippen LogP contribution in [0.2, 0.25) is 0 Å². The zero-order valence-corrected chi connectivity index (χ0v) is 11.6. The molecule has 1 fully saturated rings. The number of benzene rings is 1. The van der Waals surface area contributed by atoms with Crippen LogP contribution >= 0.6 is 0 Å². The molecule has 0 unspecified atom stereocenters. The lowest BCUT2D eigenvalue weighted by Gasteiger charge is -2.37. The van der Waals surface area contributed by atoms with E-state index in [2.05, 4.69) is 19.9 Å². The van der Waals surface area contributed by atoms with Crippen LogP contribution in [0.1, 0.15) is 63.0 Å². The van der Waals surface area contributed by atoms with Crippen LogP contribution in [0.5, 0.6) is 5.75 Å². The molecule has 0 radical (unpaired) electrons. The molecule has 1 aliphatic carbocycles. The van der Waals surface area contributed by atoms with Crippen molar-refractivity contribution in [2.45, 2.75) is 57.3 Å². The van der Waals surface area contributed by atoms with Gasteiger partial charge in [0.2, 0.25) is 0 Å². The third kappa shape index (κ3) is 2.39. The molecule has 2 nitrogen and oxygen atoms in total. The topological polar surface area (TPSA) is 46.2 Å². The Morgan fingerprint density at radius 2 is 1.89 bits per heavy atom. The van der Waals surface area contributed by atoms with E-state index in [0.717, 1.165) is 18.4 Å². The van der Waals surface area contributed by atoms with Gasteiger partial charge in [0.05, 0.1) is 0 Å². The Bertz CT molecular complexity index is 406. The van der Waals surface area contributed by atoms with E-state index in [1.165, 1.54) is 24.8 Å². The fourth-order valence-corrected chi connectivity index (χ4v) is 3.15. The van der Waals surface area contributed by atoms with Crippen molar-refractivity contribution in [1.82, 2.24) is 0 Å². The molecule has 0 spiro atoms. The predicted octanol–water partition coefficient (Wildman–Crippen LogP) is 3.68. The first kappa shape index (κ1) is 13.4. The number of aromatic hydroxyl groups is 1. The van der Waals surface area contributed by atoms with Crippen LogP contribution in [-0.4, -0.2) is 11.7 Å². The van der Waals surface area contributed by atoms with E-state index < -0.39 is 0 Å². The zero-order chi connectivity index (χ0) is 13.2. The Balaban J connectivity index is 2.43. The monoisotopic (exact) mass is 247 g/mol. The molecule has 100 valence electrons. The molecule has 0 atom stereocenters. The molecule has 0 amide bonds. The van der Waals surface area contributed by atoms with Gasteiger partial charge >= 0.3 is 0 Å².